The van der Waals surface area contributed by atoms with Crippen LogP contribution < -0.4 is 21.3 Å². The summed E-state index contributed by atoms with van der Waals surface area (Å²) < 4.78 is 27.2. The monoisotopic (exact) mass is 704 g/mol. The zero-order valence-electron chi connectivity index (χ0n) is 27.8. The van der Waals surface area contributed by atoms with Crippen LogP contribution in [0.5, 0.6) is 11.5 Å². The number of aryl methyl sites for hydroxylation is 2. The Morgan fingerprint density at radius 2 is 1.58 bits per heavy atom. The number of hydrogen-bond donors (Lipinski definition) is 6. The Hall–Kier alpha value is -6.94. The number of hydrogen-bond acceptors (Lipinski definition) is 12. The number of carbonyl (C=O) groups excluding carboxylic acids is 2. The Morgan fingerprint density at radius 1 is 0.885 bits per heavy atom. The van der Waals surface area contributed by atoms with Crippen molar-refractivity contribution in [1.29, 1.82) is 10.5 Å². The molecular weight excluding hydrogens is 674 g/mol. The molecule has 0 saturated carbocycles. The van der Waals surface area contributed by atoms with Gasteiger partial charge in [-0.25, -0.2) is 13.8 Å². The maximum Gasteiger partial charge on any atom is 0.284 e. The van der Waals surface area contributed by atoms with E-state index in [1.165, 1.54) is 24.5 Å². The molecule has 0 spiro atoms. The molecule has 2 amide bonds. The highest BCUT2D eigenvalue weighted by molar-refractivity contribution is 6.13. The second kappa shape index (κ2) is 14.1. The molecular formula is C36H30F2N10O4. The fraction of sp³-hybridized carbons (Fsp3) is 0.222. The SMILES string of the molecule is Cc1cncc(-c2c(C#N)cc(-c3ncc(-c4c(C#N)ccc(O)c4C(=O)NC4=NCC(F)(F)CN4)cc3C)c(O)c2C(=O)NC2=NCCCN2)c1. The highest BCUT2D eigenvalue weighted by Gasteiger charge is 2.33. The van der Waals surface area contributed by atoms with Crippen LogP contribution in [0, 0.1) is 36.5 Å². The average Bonchev–Trinajstić information content (AvgIpc) is 3.12. The number of nitriles is 2. The van der Waals surface area contributed by atoms with Gasteiger partial charge in [0, 0.05) is 59.5 Å². The van der Waals surface area contributed by atoms with E-state index in [0.29, 0.717) is 24.2 Å². The minimum absolute atomic E-state index is 0.00561. The summed E-state index contributed by atoms with van der Waals surface area (Å²) in [4.78, 5) is 44.0. The van der Waals surface area contributed by atoms with Gasteiger partial charge in [-0.1, -0.05) is 0 Å². The smallest absolute Gasteiger partial charge is 0.284 e. The molecule has 52 heavy (non-hydrogen) atoms. The maximum absolute atomic E-state index is 13.9. The third kappa shape index (κ3) is 6.90. The average molecular weight is 705 g/mol. The summed E-state index contributed by atoms with van der Waals surface area (Å²) in [7, 11) is 0. The zero-order chi connectivity index (χ0) is 37.2. The van der Waals surface area contributed by atoms with Crippen molar-refractivity contribution < 1.29 is 28.6 Å². The van der Waals surface area contributed by atoms with Crippen LogP contribution in [0.25, 0.3) is 33.5 Å². The topological polar surface area (TPSA) is 221 Å². The largest absolute Gasteiger partial charge is 0.507 e. The molecule has 4 heterocycles. The maximum atomic E-state index is 13.9. The van der Waals surface area contributed by atoms with Gasteiger partial charge < -0.3 is 20.8 Å². The lowest BCUT2D eigenvalue weighted by Crippen LogP contribution is -2.50. The highest BCUT2D eigenvalue weighted by Crippen LogP contribution is 2.42. The lowest BCUT2D eigenvalue weighted by atomic mass is 9.88. The summed E-state index contributed by atoms with van der Waals surface area (Å²) in [5.41, 5.74) is 1.63. The van der Waals surface area contributed by atoms with E-state index in [1.807, 2.05) is 6.07 Å². The van der Waals surface area contributed by atoms with Crippen molar-refractivity contribution in [3.63, 3.8) is 0 Å². The Labute approximate surface area is 295 Å². The summed E-state index contributed by atoms with van der Waals surface area (Å²) >= 11 is 0. The van der Waals surface area contributed by atoms with Crippen LogP contribution >= 0.6 is 0 Å². The second-order valence-electron chi connectivity index (χ2n) is 12.1. The molecule has 2 aromatic carbocycles. The molecule has 0 atom stereocenters. The lowest BCUT2D eigenvalue weighted by Gasteiger charge is -2.23. The highest BCUT2D eigenvalue weighted by atomic mass is 19.3. The van der Waals surface area contributed by atoms with Gasteiger partial charge in [0.25, 0.3) is 17.7 Å². The van der Waals surface area contributed by atoms with Crippen LogP contribution in [-0.2, 0) is 0 Å². The first kappa shape index (κ1) is 34.9. The van der Waals surface area contributed by atoms with Gasteiger partial charge in [-0.2, -0.15) is 10.5 Å². The van der Waals surface area contributed by atoms with Gasteiger partial charge in [-0.15, -0.1) is 0 Å². The van der Waals surface area contributed by atoms with Crippen molar-refractivity contribution in [3.8, 4) is 57.1 Å². The third-order valence-electron chi connectivity index (χ3n) is 8.31. The van der Waals surface area contributed by atoms with Crippen LogP contribution in [0.15, 0.2) is 58.9 Å². The van der Waals surface area contributed by atoms with Crippen molar-refractivity contribution in [2.45, 2.75) is 26.2 Å². The zero-order valence-corrected chi connectivity index (χ0v) is 27.8. The van der Waals surface area contributed by atoms with E-state index in [9.17, 15) is 39.1 Å². The number of benzene rings is 2. The van der Waals surface area contributed by atoms with Crippen LogP contribution in [0.4, 0.5) is 8.78 Å². The van der Waals surface area contributed by atoms with Crippen molar-refractivity contribution in [2.24, 2.45) is 9.98 Å². The molecule has 262 valence electrons. The fourth-order valence-corrected chi connectivity index (χ4v) is 5.92. The molecule has 2 aromatic heterocycles. The van der Waals surface area contributed by atoms with Gasteiger partial charge in [0.1, 0.15) is 18.0 Å². The number of guanidine groups is 2. The minimum atomic E-state index is -3.10. The number of phenols is 2. The van der Waals surface area contributed by atoms with Gasteiger partial charge >= 0.3 is 0 Å². The van der Waals surface area contributed by atoms with Crippen molar-refractivity contribution in [3.05, 3.63) is 82.3 Å². The number of carbonyl (C=O) groups is 2. The van der Waals surface area contributed by atoms with Gasteiger partial charge in [-0.3, -0.25) is 35.2 Å². The number of nitrogens with zero attached hydrogens (tertiary/aromatic N) is 6. The molecule has 0 aliphatic carbocycles. The standard InChI is InChI=1S/C36H30F2N10O4/c1-18-8-22(14-41-13-18)27-21(12-40)10-24(31(50)29(27)33(52)48-34-42-6-3-7-43-34)30-19(2)9-23(15-44-30)26-20(11-39)4-5-25(49)28(26)32(51)47-35-45-16-36(37,38)17-46-35/h4-5,8-10,13-15,49-50H,3,6-7,16-17H2,1-2H3,(H2,42,43,48,52)(H2,45,46,47,51). The normalized spacial score (nSPS) is 14.7. The van der Waals surface area contributed by atoms with E-state index in [4.69, 9.17) is 0 Å². The first-order valence-electron chi connectivity index (χ1n) is 15.9. The van der Waals surface area contributed by atoms with E-state index >= 15 is 0 Å². The summed E-state index contributed by atoms with van der Waals surface area (Å²) in [5.74, 6) is -5.74. The summed E-state index contributed by atoms with van der Waals surface area (Å²) in [6, 6.07) is 11.3. The van der Waals surface area contributed by atoms with Gasteiger partial charge in [0.2, 0.25) is 0 Å². The van der Waals surface area contributed by atoms with E-state index in [1.54, 1.807) is 32.2 Å². The van der Waals surface area contributed by atoms with E-state index < -0.39 is 42.3 Å². The predicted octanol–water partition coefficient (Wildman–Crippen LogP) is 3.65. The van der Waals surface area contributed by atoms with E-state index in [0.717, 1.165) is 18.1 Å². The molecule has 16 heteroatoms. The van der Waals surface area contributed by atoms with Crippen LogP contribution in [0.1, 0.15) is 49.4 Å². The number of aromatic nitrogens is 2. The molecule has 6 rings (SSSR count). The number of nitrogens with one attached hydrogen (secondary N) is 4. The number of phenolic OH excluding ortho intramolecular Hbond substituents is 2. The summed E-state index contributed by atoms with van der Waals surface area (Å²) in [5, 5.41) is 53.3. The van der Waals surface area contributed by atoms with E-state index in [-0.39, 0.29) is 62.1 Å². The van der Waals surface area contributed by atoms with Crippen molar-refractivity contribution in [2.75, 3.05) is 26.2 Å². The van der Waals surface area contributed by atoms with Gasteiger partial charge in [0.05, 0.1) is 46.6 Å². The van der Waals surface area contributed by atoms with Crippen LogP contribution in [0.3, 0.4) is 0 Å². The van der Waals surface area contributed by atoms with Gasteiger partial charge in [0.15, 0.2) is 11.9 Å². The molecule has 0 bridgehead atoms. The molecule has 0 unspecified atom stereocenters. The first-order valence-corrected chi connectivity index (χ1v) is 15.9. The lowest BCUT2D eigenvalue weighted by molar-refractivity contribution is 0.0119. The van der Waals surface area contributed by atoms with Gasteiger partial charge in [-0.05, 0) is 61.7 Å². The first-order chi connectivity index (χ1) is 24.9. The molecule has 0 fully saturated rings. The molecule has 0 saturated heterocycles. The predicted molar refractivity (Wildman–Crippen MR) is 186 cm³/mol. The number of amides is 2. The number of rotatable bonds is 5. The molecule has 2 aliphatic heterocycles. The molecule has 4 aromatic rings. The quantitative estimate of drug-likeness (QED) is 0.177. The molecule has 14 nitrogen and oxygen atoms in total. The van der Waals surface area contributed by atoms with E-state index in [2.05, 4.69) is 47.3 Å². The summed E-state index contributed by atoms with van der Waals surface area (Å²) in [6.45, 7) is 2.89. The Balaban J connectivity index is 1.47. The third-order valence-corrected chi connectivity index (χ3v) is 8.31. The fourth-order valence-electron chi connectivity index (χ4n) is 5.92. The number of pyridine rings is 2. The summed E-state index contributed by atoms with van der Waals surface area (Å²) in [6.07, 6.45) is 5.17. The minimum Gasteiger partial charge on any atom is -0.507 e. The molecule has 2 aliphatic rings. The second-order valence-corrected chi connectivity index (χ2v) is 12.1. The number of aliphatic imine (C=N–C) groups is 2. The Bertz CT molecular complexity index is 2290. The number of alkyl halides is 2. The molecule has 0 radical (unpaired) electrons. The van der Waals surface area contributed by atoms with Crippen LogP contribution in [0.2, 0.25) is 0 Å². The molecule has 6 N–H and O–H groups in total. The van der Waals surface area contributed by atoms with Crippen molar-refractivity contribution >= 4 is 23.7 Å². The number of halogens is 2. The van der Waals surface area contributed by atoms with Crippen LogP contribution in [-0.4, -0.2) is 76.0 Å². The Kier molecular flexibility index (Phi) is 9.48. The number of aromatic hydroxyl groups is 2. The van der Waals surface area contributed by atoms with Crippen molar-refractivity contribution in [1.82, 2.24) is 31.2 Å². The Morgan fingerprint density at radius 3 is 2.21 bits per heavy atom.